The van der Waals surface area contributed by atoms with Crippen LogP contribution >= 0.6 is 0 Å². The van der Waals surface area contributed by atoms with E-state index in [1.54, 1.807) is 10.6 Å². The molecule has 0 saturated carbocycles. The molecule has 1 atom stereocenters. The fourth-order valence-electron chi connectivity index (χ4n) is 5.05. The standard InChI is InChI=1S/C27H26N4O5/c32-20-9-12-30(15-20)27-28-22-8-7-19(13-25(22)36-27)31-16-21(26(34)35)24(33)14-23(31)17-3-5-18(6-4-17)29-10-1-2-11-29/h3-8,13-14,16,20,32H,1-2,9-12,15H2,(H,34,35)/t20-/m0/s1. The van der Waals surface area contributed by atoms with Crippen molar-refractivity contribution in [2.24, 2.45) is 0 Å². The molecule has 4 heterocycles. The summed E-state index contributed by atoms with van der Waals surface area (Å²) in [5.41, 5.74) is 3.50. The summed E-state index contributed by atoms with van der Waals surface area (Å²) in [6.45, 7) is 3.21. The third kappa shape index (κ3) is 4.01. The molecule has 2 saturated heterocycles. The molecule has 184 valence electrons. The maximum absolute atomic E-state index is 12.6. The van der Waals surface area contributed by atoms with Gasteiger partial charge >= 0.3 is 5.97 Å². The van der Waals surface area contributed by atoms with Crippen molar-refractivity contribution in [1.82, 2.24) is 9.55 Å². The van der Waals surface area contributed by atoms with Crippen LogP contribution in [0.1, 0.15) is 29.6 Å². The normalized spacial score (nSPS) is 17.9. The molecule has 0 spiro atoms. The number of hydrogen-bond acceptors (Lipinski definition) is 7. The Morgan fingerprint density at radius 2 is 1.72 bits per heavy atom. The highest BCUT2D eigenvalue weighted by Crippen LogP contribution is 2.30. The van der Waals surface area contributed by atoms with E-state index in [9.17, 15) is 19.8 Å². The molecular formula is C27H26N4O5. The Balaban J connectivity index is 1.43. The summed E-state index contributed by atoms with van der Waals surface area (Å²) < 4.78 is 7.69. The number of rotatable bonds is 5. The first-order chi connectivity index (χ1) is 17.5. The van der Waals surface area contributed by atoms with Crippen molar-refractivity contribution >= 4 is 28.8 Å². The Morgan fingerprint density at radius 1 is 0.972 bits per heavy atom. The summed E-state index contributed by atoms with van der Waals surface area (Å²) in [6.07, 6.45) is 4.00. The van der Waals surface area contributed by atoms with E-state index in [2.05, 4.69) is 9.88 Å². The molecule has 4 aromatic rings. The topological polar surface area (TPSA) is 112 Å². The lowest BCUT2D eigenvalue weighted by atomic mass is 10.1. The summed E-state index contributed by atoms with van der Waals surface area (Å²) in [5.74, 6) is -1.28. The molecule has 2 fully saturated rings. The number of anilines is 2. The number of carbonyl (C=O) groups is 1. The van der Waals surface area contributed by atoms with Gasteiger partial charge in [-0.25, -0.2) is 4.79 Å². The largest absolute Gasteiger partial charge is 0.477 e. The molecule has 0 amide bonds. The summed E-state index contributed by atoms with van der Waals surface area (Å²) in [4.78, 5) is 33.2. The minimum atomic E-state index is -1.28. The monoisotopic (exact) mass is 486 g/mol. The zero-order valence-corrected chi connectivity index (χ0v) is 19.6. The number of carboxylic acid groups (broad SMARTS) is 1. The molecule has 36 heavy (non-hydrogen) atoms. The Morgan fingerprint density at radius 3 is 2.42 bits per heavy atom. The number of aliphatic hydroxyl groups is 1. The zero-order chi connectivity index (χ0) is 24.8. The Kier molecular flexibility index (Phi) is 5.49. The number of aliphatic hydroxyl groups excluding tert-OH is 1. The average molecular weight is 487 g/mol. The van der Waals surface area contributed by atoms with E-state index >= 15 is 0 Å². The maximum atomic E-state index is 12.6. The molecular weight excluding hydrogens is 460 g/mol. The van der Waals surface area contributed by atoms with E-state index < -0.39 is 17.5 Å². The van der Waals surface area contributed by atoms with E-state index in [1.165, 1.54) is 25.1 Å². The quantitative estimate of drug-likeness (QED) is 0.441. The Hall–Kier alpha value is -4.11. The van der Waals surface area contributed by atoms with Gasteiger partial charge in [0.15, 0.2) is 11.0 Å². The van der Waals surface area contributed by atoms with Crippen LogP contribution in [0, 0.1) is 0 Å². The fourth-order valence-corrected chi connectivity index (χ4v) is 5.05. The van der Waals surface area contributed by atoms with Crippen LogP contribution in [0.15, 0.2) is 63.9 Å². The smallest absolute Gasteiger partial charge is 0.341 e. The second kappa shape index (κ2) is 8.83. The first kappa shape index (κ1) is 22.4. The number of pyridine rings is 1. The van der Waals surface area contributed by atoms with Crippen molar-refractivity contribution in [1.29, 1.82) is 0 Å². The van der Waals surface area contributed by atoms with Gasteiger partial charge in [-0.15, -0.1) is 0 Å². The third-order valence-corrected chi connectivity index (χ3v) is 6.99. The molecule has 0 unspecified atom stereocenters. The van der Waals surface area contributed by atoms with Crippen LogP contribution in [-0.2, 0) is 0 Å². The summed E-state index contributed by atoms with van der Waals surface area (Å²) >= 11 is 0. The van der Waals surface area contributed by atoms with Crippen LogP contribution in [0.5, 0.6) is 0 Å². The molecule has 2 aromatic heterocycles. The van der Waals surface area contributed by atoms with Gasteiger partial charge in [0, 0.05) is 55.9 Å². The van der Waals surface area contributed by atoms with Crippen molar-refractivity contribution in [2.75, 3.05) is 36.0 Å². The van der Waals surface area contributed by atoms with Gasteiger partial charge in [-0.1, -0.05) is 12.1 Å². The minimum Gasteiger partial charge on any atom is -0.477 e. The van der Waals surface area contributed by atoms with Crippen LogP contribution < -0.4 is 15.2 Å². The van der Waals surface area contributed by atoms with Gasteiger partial charge in [0.05, 0.1) is 11.8 Å². The molecule has 6 rings (SSSR count). The molecule has 9 heteroatoms. The van der Waals surface area contributed by atoms with Crippen molar-refractivity contribution < 1.29 is 19.4 Å². The van der Waals surface area contributed by atoms with E-state index in [-0.39, 0.29) is 5.56 Å². The number of fused-ring (bicyclic) bond motifs is 1. The molecule has 0 bridgehead atoms. The van der Waals surface area contributed by atoms with Gasteiger partial charge in [-0.05, 0) is 49.1 Å². The lowest BCUT2D eigenvalue weighted by molar-refractivity contribution is 0.0695. The molecule has 0 radical (unpaired) electrons. The molecule has 0 aliphatic carbocycles. The number of aromatic nitrogens is 2. The van der Waals surface area contributed by atoms with Gasteiger partial charge in [-0.2, -0.15) is 4.98 Å². The molecule has 2 N–H and O–H groups in total. The zero-order valence-electron chi connectivity index (χ0n) is 19.6. The number of nitrogens with zero attached hydrogens (tertiary/aromatic N) is 4. The van der Waals surface area contributed by atoms with Gasteiger partial charge in [0.1, 0.15) is 11.1 Å². The van der Waals surface area contributed by atoms with E-state index in [4.69, 9.17) is 4.42 Å². The highest BCUT2D eigenvalue weighted by molar-refractivity contribution is 5.88. The first-order valence-corrected chi connectivity index (χ1v) is 12.2. The SMILES string of the molecule is O=C(O)c1cn(-c2ccc3nc(N4CC[C@H](O)C4)oc3c2)c(-c2ccc(N3CCCC3)cc2)cc1=O. The van der Waals surface area contributed by atoms with Crippen LogP contribution in [0.25, 0.3) is 28.0 Å². The average Bonchev–Trinajstić information content (AvgIpc) is 3.64. The number of hydrogen-bond donors (Lipinski definition) is 2. The van der Waals surface area contributed by atoms with Crippen molar-refractivity contribution in [3.63, 3.8) is 0 Å². The molecule has 2 aliphatic heterocycles. The highest BCUT2D eigenvalue weighted by atomic mass is 16.4. The van der Waals surface area contributed by atoms with Gasteiger partial charge < -0.3 is 29.0 Å². The van der Waals surface area contributed by atoms with E-state index in [0.29, 0.717) is 48.0 Å². The van der Waals surface area contributed by atoms with E-state index in [0.717, 1.165) is 24.3 Å². The second-order valence-corrected chi connectivity index (χ2v) is 9.39. The van der Waals surface area contributed by atoms with Crippen molar-refractivity contribution in [2.45, 2.75) is 25.4 Å². The minimum absolute atomic E-state index is 0.308. The van der Waals surface area contributed by atoms with Gasteiger partial charge in [0.2, 0.25) is 0 Å². The maximum Gasteiger partial charge on any atom is 0.341 e. The van der Waals surface area contributed by atoms with Crippen LogP contribution in [0.3, 0.4) is 0 Å². The summed E-state index contributed by atoms with van der Waals surface area (Å²) in [6, 6.07) is 15.2. The van der Waals surface area contributed by atoms with Crippen molar-refractivity contribution in [3.05, 3.63) is 70.5 Å². The second-order valence-electron chi connectivity index (χ2n) is 9.39. The number of benzene rings is 2. The molecule has 2 aliphatic rings. The van der Waals surface area contributed by atoms with Gasteiger partial charge in [-0.3, -0.25) is 4.79 Å². The number of carboxylic acids is 1. The predicted molar refractivity (Wildman–Crippen MR) is 136 cm³/mol. The Labute approximate surface area is 206 Å². The molecule has 9 nitrogen and oxygen atoms in total. The highest BCUT2D eigenvalue weighted by Gasteiger charge is 2.24. The summed E-state index contributed by atoms with van der Waals surface area (Å²) in [5, 5.41) is 19.4. The lowest BCUT2D eigenvalue weighted by Gasteiger charge is -2.19. The third-order valence-electron chi connectivity index (χ3n) is 6.99. The van der Waals surface area contributed by atoms with Crippen LogP contribution in [0.2, 0.25) is 0 Å². The fraction of sp³-hybridized carbons (Fsp3) is 0.296. The van der Waals surface area contributed by atoms with Crippen molar-refractivity contribution in [3.8, 4) is 16.9 Å². The number of aromatic carboxylic acids is 1. The van der Waals surface area contributed by atoms with Crippen LogP contribution in [-0.4, -0.2) is 58.0 Å². The Bertz CT molecular complexity index is 1500. The predicted octanol–water partition coefficient (Wildman–Crippen LogP) is 3.52. The van der Waals surface area contributed by atoms with E-state index in [1.807, 2.05) is 41.3 Å². The lowest BCUT2D eigenvalue weighted by Crippen LogP contribution is -2.21. The van der Waals surface area contributed by atoms with Crippen LogP contribution in [0.4, 0.5) is 11.7 Å². The summed E-state index contributed by atoms with van der Waals surface area (Å²) in [7, 11) is 0. The number of β-amino-alcohol motifs (C(OH)–C–C–N with tert-alkyl or cyclic N) is 1. The molecule has 2 aromatic carbocycles. The van der Waals surface area contributed by atoms with Gasteiger partial charge in [0.25, 0.3) is 6.01 Å². The number of oxazole rings is 1. The first-order valence-electron chi connectivity index (χ1n) is 12.2.